The number of fused-ring (bicyclic) bond motifs is 1. The summed E-state index contributed by atoms with van der Waals surface area (Å²) in [5.74, 6) is 1.68. The highest BCUT2D eigenvalue weighted by Gasteiger charge is 2.28. The van der Waals surface area contributed by atoms with Crippen molar-refractivity contribution in [2.45, 2.75) is 25.3 Å². The lowest BCUT2D eigenvalue weighted by Gasteiger charge is -2.04. The fraction of sp³-hybridized carbons (Fsp3) is 0.429. The van der Waals surface area contributed by atoms with E-state index in [0.29, 0.717) is 12.5 Å². The Morgan fingerprint density at radius 2 is 2.32 bits per heavy atom. The van der Waals surface area contributed by atoms with Gasteiger partial charge in [0, 0.05) is 19.5 Å². The highest BCUT2D eigenvalue weighted by molar-refractivity contribution is 5.79. The SMILES string of the molecule is Cn1c(C2CC2)nc2cc(CNC(=O)CN)ccc21. The monoisotopic (exact) mass is 258 g/mol. The van der Waals surface area contributed by atoms with Crippen LogP contribution in [0.3, 0.4) is 0 Å². The van der Waals surface area contributed by atoms with Gasteiger partial charge in [-0.3, -0.25) is 4.79 Å². The van der Waals surface area contributed by atoms with Crippen molar-refractivity contribution in [3.63, 3.8) is 0 Å². The van der Waals surface area contributed by atoms with Crippen LogP contribution in [0.25, 0.3) is 11.0 Å². The summed E-state index contributed by atoms with van der Waals surface area (Å²) in [6.07, 6.45) is 2.49. The number of amides is 1. The van der Waals surface area contributed by atoms with Crippen molar-refractivity contribution in [3.8, 4) is 0 Å². The second kappa shape index (κ2) is 4.66. The Morgan fingerprint density at radius 1 is 1.53 bits per heavy atom. The number of hydrogen-bond donors (Lipinski definition) is 2. The van der Waals surface area contributed by atoms with Crippen molar-refractivity contribution < 1.29 is 4.79 Å². The largest absolute Gasteiger partial charge is 0.351 e. The zero-order chi connectivity index (χ0) is 13.4. The number of nitrogens with one attached hydrogen (secondary N) is 1. The lowest BCUT2D eigenvalue weighted by atomic mass is 10.2. The summed E-state index contributed by atoms with van der Waals surface area (Å²) in [7, 11) is 2.07. The maximum absolute atomic E-state index is 11.1. The second-order valence-electron chi connectivity index (χ2n) is 5.11. The molecule has 0 atom stereocenters. The van der Waals surface area contributed by atoms with Gasteiger partial charge in [-0.05, 0) is 30.5 Å². The Hall–Kier alpha value is -1.88. The minimum atomic E-state index is -0.139. The van der Waals surface area contributed by atoms with Crippen molar-refractivity contribution in [1.82, 2.24) is 14.9 Å². The molecule has 0 bridgehead atoms. The fourth-order valence-corrected chi connectivity index (χ4v) is 2.35. The van der Waals surface area contributed by atoms with Gasteiger partial charge in [0.25, 0.3) is 0 Å². The highest BCUT2D eigenvalue weighted by atomic mass is 16.1. The molecule has 3 rings (SSSR count). The van der Waals surface area contributed by atoms with Crippen LogP contribution < -0.4 is 11.1 Å². The Balaban J connectivity index is 1.86. The first kappa shape index (κ1) is 12.2. The third-order valence-electron chi connectivity index (χ3n) is 3.60. The average molecular weight is 258 g/mol. The summed E-state index contributed by atoms with van der Waals surface area (Å²) < 4.78 is 2.18. The molecular formula is C14H18N4O. The number of carbonyl (C=O) groups excluding carboxylic acids is 1. The first-order valence-corrected chi connectivity index (χ1v) is 6.61. The molecule has 3 N–H and O–H groups in total. The van der Waals surface area contributed by atoms with Crippen molar-refractivity contribution in [3.05, 3.63) is 29.6 Å². The molecule has 2 aromatic rings. The van der Waals surface area contributed by atoms with E-state index in [1.807, 2.05) is 12.1 Å². The molecule has 5 heteroatoms. The minimum absolute atomic E-state index is 0.0255. The number of aryl methyl sites for hydroxylation is 1. The molecule has 1 aliphatic carbocycles. The predicted molar refractivity (Wildman–Crippen MR) is 73.6 cm³/mol. The molecule has 1 fully saturated rings. The van der Waals surface area contributed by atoms with Gasteiger partial charge in [0.1, 0.15) is 5.82 Å². The number of rotatable bonds is 4. The van der Waals surface area contributed by atoms with Gasteiger partial charge in [-0.1, -0.05) is 6.07 Å². The Kier molecular flexibility index (Phi) is 2.98. The van der Waals surface area contributed by atoms with Gasteiger partial charge in [-0.2, -0.15) is 0 Å². The quantitative estimate of drug-likeness (QED) is 0.860. The summed E-state index contributed by atoms with van der Waals surface area (Å²) in [6.45, 7) is 0.527. The minimum Gasteiger partial charge on any atom is -0.351 e. The Labute approximate surface area is 111 Å². The first-order chi connectivity index (χ1) is 9.19. The summed E-state index contributed by atoms with van der Waals surface area (Å²) in [4.78, 5) is 15.9. The molecule has 1 heterocycles. The van der Waals surface area contributed by atoms with Gasteiger partial charge in [-0.15, -0.1) is 0 Å². The molecule has 0 radical (unpaired) electrons. The smallest absolute Gasteiger partial charge is 0.234 e. The number of benzene rings is 1. The topological polar surface area (TPSA) is 72.9 Å². The summed E-state index contributed by atoms with van der Waals surface area (Å²) in [6, 6.07) is 6.13. The van der Waals surface area contributed by atoms with Crippen molar-refractivity contribution in [2.75, 3.05) is 6.54 Å². The summed E-state index contributed by atoms with van der Waals surface area (Å²) in [5, 5.41) is 2.77. The van der Waals surface area contributed by atoms with Crippen LogP contribution in [0.2, 0.25) is 0 Å². The van der Waals surface area contributed by atoms with E-state index in [1.165, 1.54) is 18.7 Å². The predicted octanol–water partition coefficient (Wildman–Crippen LogP) is 1.03. The number of nitrogens with two attached hydrogens (primary N) is 1. The van der Waals surface area contributed by atoms with Crippen LogP contribution in [-0.2, 0) is 18.4 Å². The summed E-state index contributed by atoms with van der Waals surface area (Å²) >= 11 is 0. The van der Waals surface area contributed by atoms with E-state index in [1.54, 1.807) is 0 Å². The standard InChI is InChI=1S/C14H18N4O/c1-18-12-5-2-9(8-16-13(19)7-15)6-11(12)17-14(18)10-3-4-10/h2,5-6,10H,3-4,7-8,15H2,1H3,(H,16,19). The molecule has 0 aliphatic heterocycles. The molecule has 0 unspecified atom stereocenters. The van der Waals surface area contributed by atoms with Gasteiger partial charge in [0.15, 0.2) is 0 Å². The van der Waals surface area contributed by atoms with Crippen LogP contribution in [0.1, 0.15) is 30.1 Å². The molecule has 100 valence electrons. The van der Waals surface area contributed by atoms with Gasteiger partial charge in [0.2, 0.25) is 5.91 Å². The molecule has 0 spiro atoms. The van der Waals surface area contributed by atoms with Gasteiger partial charge >= 0.3 is 0 Å². The third-order valence-corrected chi connectivity index (χ3v) is 3.60. The molecule has 1 aromatic heterocycles. The van der Waals surface area contributed by atoms with Crippen LogP contribution in [0.5, 0.6) is 0 Å². The van der Waals surface area contributed by atoms with Gasteiger partial charge in [-0.25, -0.2) is 4.98 Å². The van der Waals surface area contributed by atoms with Crippen molar-refractivity contribution in [1.29, 1.82) is 0 Å². The van der Waals surface area contributed by atoms with E-state index in [4.69, 9.17) is 10.7 Å². The molecule has 1 amide bonds. The molecular weight excluding hydrogens is 240 g/mol. The van der Waals surface area contributed by atoms with Crippen LogP contribution in [0.15, 0.2) is 18.2 Å². The first-order valence-electron chi connectivity index (χ1n) is 6.61. The zero-order valence-corrected chi connectivity index (χ0v) is 11.0. The zero-order valence-electron chi connectivity index (χ0n) is 11.0. The normalized spacial score (nSPS) is 14.8. The molecule has 0 saturated heterocycles. The molecule has 19 heavy (non-hydrogen) atoms. The highest BCUT2D eigenvalue weighted by Crippen LogP contribution is 2.40. The average Bonchev–Trinajstić information content (AvgIpc) is 3.21. The van der Waals surface area contributed by atoms with Crippen LogP contribution in [-0.4, -0.2) is 22.0 Å². The lowest BCUT2D eigenvalue weighted by Crippen LogP contribution is -2.29. The van der Waals surface area contributed by atoms with E-state index in [2.05, 4.69) is 23.0 Å². The fourth-order valence-electron chi connectivity index (χ4n) is 2.35. The van der Waals surface area contributed by atoms with E-state index < -0.39 is 0 Å². The van der Waals surface area contributed by atoms with Crippen molar-refractivity contribution >= 4 is 16.9 Å². The molecule has 1 aromatic carbocycles. The lowest BCUT2D eigenvalue weighted by molar-refractivity contribution is -0.119. The van der Waals surface area contributed by atoms with E-state index in [0.717, 1.165) is 16.6 Å². The van der Waals surface area contributed by atoms with E-state index >= 15 is 0 Å². The Morgan fingerprint density at radius 3 is 3.00 bits per heavy atom. The summed E-state index contributed by atoms with van der Waals surface area (Å²) in [5.41, 5.74) is 8.47. The third kappa shape index (κ3) is 2.33. The number of carbonyl (C=O) groups is 1. The Bertz CT molecular complexity index is 628. The molecule has 5 nitrogen and oxygen atoms in total. The van der Waals surface area contributed by atoms with Crippen LogP contribution in [0, 0.1) is 0 Å². The maximum Gasteiger partial charge on any atom is 0.234 e. The van der Waals surface area contributed by atoms with Crippen LogP contribution >= 0.6 is 0 Å². The number of nitrogens with zero attached hydrogens (tertiary/aromatic N) is 2. The molecule has 1 aliphatic rings. The maximum atomic E-state index is 11.1. The van der Waals surface area contributed by atoms with Crippen LogP contribution in [0.4, 0.5) is 0 Å². The number of imidazole rings is 1. The van der Waals surface area contributed by atoms with E-state index in [9.17, 15) is 4.79 Å². The second-order valence-corrected chi connectivity index (χ2v) is 5.11. The van der Waals surface area contributed by atoms with E-state index in [-0.39, 0.29) is 12.5 Å². The molecule has 1 saturated carbocycles. The number of hydrogen-bond acceptors (Lipinski definition) is 3. The van der Waals surface area contributed by atoms with Crippen molar-refractivity contribution in [2.24, 2.45) is 12.8 Å². The van der Waals surface area contributed by atoms with Gasteiger partial charge in [0.05, 0.1) is 17.6 Å². The number of aromatic nitrogens is 2. The van der Waals surface area contributed by atoms with Gasteiger partial charge < -0.3 is 15.6 Å².